The Hall–Kier alpha value is -3.98. The number of pyridine rings is 2. The minimum atomic E-state index is -0.254. The van der Waals surface area contributed by atoms with Crippen molar-refractivity contribution in [1.29, 1.82) is 0 Å². The number of ether oxygens (including phenoxy) is 3. The average Bonchev–Trinajstić information content (AvgIpc) is 3.25. The summed E-state index contributed by atoms with van der Waals surface area (Å²) in [4.78, 5) is 25.3. The number of anilines is 1. The summed E-state index contributed by atoms with van der Waals surface area (Å²) in [6, 6.07) is 5.28. The summed E-state index contributed by atoms with van der Waals surface area (Å²) >= 11 is 0. The highest BCUT2D eigenvalue weighted by Crippen LogP contribution is 2.24. The summed E-state index contributed by atoms with van der Waals surface area (Å²) in [5.41, 5.74) is 2.84. The van der Waals surface area contributed by atoms with Crippen LogP contribution < -0.4 is 5.32 Å². The molecule has 0 aliphatic rings. The Morgan fingerprint density at radius 1 is 1.25 bits per heavy atom. The number of nitrogens with one attached hydrogen (secondary N) is 1. The summed E-state index contributed by atoms with van der Waals surface area (Å²) in [6.07, 6.45) is 8.12. The minimum Gasteiger partial charge on any atom is -0.495 e. The van der Waals surface area contributed by atoms with E-state index in [4.69, 9.17) is 18.6 Å². The maximum atomic E-state index is 12.6. The van der Waals surface area contributed by atoms with E-state index in [0.717, 1.165) is 0 Å². The summed E-state index contributed by atoms with van der Waals surface area (Å²) in [5, 5.41) is 2.82. The van der Waals surface area contributed by atoms with Gasteiger partial charge in [0, 0.05) is 19.5 Å². The highest BCUT2D eigenvalue weighted by molar-refractivity contribution is 5.93. The molecule has 3 aromatic heterocycles. The van der Waals surface area contributed by atoms with Crippen molar-refractivity contribution in [2.24, 2.45) is 0 Å². The van der Waals surface area contributed by atoms with E-state index in [9.17, 15) is 4.79 Å². The van der Waals surface area contributed by atoms with Crippen LogP contribution in [0.3, 0.4) is 0 Å². The van der Waals surface area contributed by atoms with Gasteiger partial charge in [-0.15, -0.1) is 0 Å². The highest BCUT2D eigenvalue weighted by Gasteiger charge is 2.12. The fraction of sp³-hybridized carbons (Fsp3) is 0.217. The third-order valence-electron chi connectivity index (χ3n) is 4.39. The molecule has 1 amide bonds. The minimum absolute atomic E-state index is 0.0668. The van der Waals surface area contributed by atoms with Gasteiger partial charge >= 0.3 is 0 Å². The van der Waals surface area contributed by atoms with Crippen LogP contribution in [-0.2, 0) is 19.0 Å². The number of aromatic nitrogens is 3. The summed E-state index contributed by atoms with van der Waals surface area (Å²) in [6.45, 7) is 4.01. The van der Waals surface area contributed by atoms with Crippen LogP contribution in [0.1, 0.15) is 6.42 Å². The molecule has 0 saturated carbocycles. The molecule has 0 bridgehead atoms. The van der Waals surface area contributed by atoms with E-state index in [1.165, 1.54) is 14.2 Å². The number of hydrogen-bond donors (Lipinski definition) is 1. The van der Waals surface area contributed by atoms with Gasteiger partial charge in [0.15, 0.2) is 22.7 Å². The zero-order valence-corrected chi connectivity index (χ0v) is 18.1. The Balaban J connectivity index is 1.75. The molecule has 9 heteroatoms. The molecule has 32 heavy (non-hydrogen) atoms. The van der Waals surface area contributed by atoms with Crippen LogP contribution >= 0.6 is 0 Å². The monoisotopic (exact) mass is 436 g/mol. The zero-order valence-electron chi connectivity index (χ0n) is 18.1. The fourth-order valence-electron chi connectivity index (χ4n) is 2.87. The number of oxazole rings is 1. The van der Waals surface area contributed by atoms with Gasteiger partial charge in [0.05, 0.1) is 38.1 Å². The van der Waals surface area contributed by atoms with Gasteiger partial charge in [0.1, 0.15) is 6.61 Å². The first-order chi connectivity index (χ1) is 15.6. The predicted octanol–water partition coefficient (Wildman–Crippen LogP) is 3.88. The van der Waals surface area contributed by atoms with E-state index in [1.807, 2.05) is 0 Å². The number of fused-ring (bicyclic) bond motifs is 1. The van der Waals surface area contributed by atoms with Crippen LogP contribution in [0.15, 0.2) is 77.0 Å². The van der Waals surface area contributed by atoms with Crippen LogP contribution in [0.25, 0.3) is 22.7 Å². The first kappa shape index (κ1) is 22.7. The lowest BCUT2D eigenvalue weighted by atomic mass is 10.1. The number of carbonyl (C=O) groups is 1. The van der Waals surface area contributed by atoms with Gasteiger partial charge in [0.2, 0.25) is 11.8 Å². The maximum absolute atomic E-state index is 12.6. The van der Waals surface area contributed by atoms with Crippen molar-refractivity contribution < 1.29 is 23.4 Å². The number of carbonyl (C=O) groups excluding carboxylic acids is 1. The number of allylic oxidation sites excluding steroid dienone is 2. The lowest BCUT2D eigenvalue weighted by molar-refractivity contribution is -0.115. The molecule has 0 atom stereocenters. The van der Waals surface area contributed by atoms with Crippen molar-refractivity contribution in [3.63, 3.8) is 0 Å². The molecule has 0 saturated heterocycles. The average molecular weight is 436 g/mol. The van der Waals surface area contributed by atoms with Crippen LogP contribution in [-0.4, -0.2) is 48.8 Å². The summed E-state index contributed by atoms with van der Waals surface area (Å²) in [5.74, 6) is 1.06. The van der Waals surface area contributed by atoms with Gasteiger partial charge in [-0.1, -0.05) is 12.7 Å². The molecule has 3 aromatic rings. The molecule has 0 aliphatic heterocycles. The number of nitrogens with zero attached hydrogens (tertiary/aromatic N) is 3. The van der Waals surface area contributed by atoms with E-state index < -0.39 is 0 Å². The third kappa shape index (κ3) is 5.58. The molecular formula is C23H24N4O5. The molecule has 9 nitrogen and oxygen atoms in total. The van der Waals surface area contributed by atoms with Crippen molar-refractivity contribution in [3.05, 3.63) is 72.6 Å². The number of hydrogen-bond acceptors (Lipinski definition) is 8. The van der Waals surface area contributed by atoms with Crippen molar-refractivity contribution in [2.45, 2.75) is 6.42 Å². The largest absolute Gasteiger partial charge is 0.495 e. The van der Waals surface area contributed by atoms with Crippen molar-refractivity contribution in [3.8, 4) is 11.5 Å². The van der Waals surface area contributed by atoms with Gasteiger partial charge in [-0.2, -0.15) is 4.98 Å². The number of rotatable bonds is 10. The maximum Gasteiger partial charge on any atom is 0.230 e. The molecule has 1 N–H and O–H groups in total. The Bertz CT molecular complexity index is 1130. The Labute approximate surface area is 185 Å². The Morgan fingerprint density at radius 3 is 2.78 bits per heavy atom. The molecular weight excluding hydrogens is 412 g/mol. The zero-order chi connectivity index (χ0) is 22.9. The second-order valence-corrected chi connectivity index (χ2v) is 6.58. The highest BCUT2D eigenvalue weighted by atomic mass is 16.5. The second-order valence-electron chi connectivity index (χ2n) is 6.58. The number of methoxy groups -OCH3 is 3. The van der Waals surface area contributed by atoms with Crippen LogP contribution in [0.5, 0.6) is 0 Å². The van der Waals surface area contributed by atoms with Crippen molar-refractivity contribution in [1.82, 2.24) is 15.0 Å². The van der Waals surface area contributed by atoms with E-state index >= 15 is 0 Å². The molecule has 0 aliphatic carbocycles. The van der Waals surface area contributed by atoms with Crippen molar-refractivity contribution in [2.75, 3.05) is 33.3 Å². The van der Waals surface area contributed by atoms with E-state index in [2.05, 4.69) is 26.8 Å². The molecule has 0 unspecified atom stereocenters. The molecule has 0 spiro atoms. The van der Waals surface area contributed by atoms with Gasteiger partial charge in [-0.3, -0.25) is 9.78 Å². The number of amides is 1. The van der Waals surface area contributed by atoms with Crippen LogP contribution in [0, 0.1) is 0 Å². The third-order valence-corrected chi connectivity index (χ3v) is 4.39. The normalized spacial score (nSPS) is 12.3. The Morgan fingerprint density at radius 2 is 2.09 bits per heavy atom. The lowest BCUT2D eigenvalue weighted by Gasteiger charge is -2.11. The molecule has 0 fully saturated rings. The van der Waals surface area contributed by atoms with Gasteiger partial charge in [-0.25, -0.2) is 4.98 Å². The SMILES string of the molecule is C=C/C(=C\C(OC)=C(/COC)OC)CC(=O)Nc1cncc(-c2nc3ncccc3o2)c1. The first-order valence-electron chi connectivity index (χ1n) is 9.67. The standard InChI is InChI=1S/C23H24N4O5/c1-5-15(9-19(30-3)20(31-4)14-29-2)10-21(28)26-17-11-16(12-24-13-17)23-27-22-18(32-23)7-6-8-25-22/h5-9,11-13H,1,10,14H2,2-4H3,(H,26,28)/b15-9+,20-19-. The molecule has 3 rings (SSSR count). The summed E-state index contributed by atoms with van der Waals surface area (Å²) in [7, 11) is 4.59. The van der Waals surface area contributed by atoms with Crippen molar-refractivity contribution >= 4 is 22.8 Å². The van der Waals surface area contributed by atoms with Gasteiger partial charge in [0.25, 0.3) is 0 Å². The van der Waals surface area contributed by atoms with Gasteiger partial charge in [-0.05, 0) is 29.8 Å². The summed E-state index contributed by atoms with van der Waals surface area (Å²) < 4.78 is 21.5. The van der Waals surface area contributed by atoms with E-state index in [0.29, 0.717) is 45.5 Å². The predicted molar refractivity (Wildman–Crippen MR) is 119 cm³/mol. The fourth-order valence-corrected chi connectivity index (χ4v) is 2.87. The Kier molecular flexibility index (Phi) is 7.71. The van der Waals surface area contributed by atoms with E-state index in [-0.39, 0.29) is 18.9 Å². The van der Waals surface area contributed by atoms with E-state index in [1.54, 1.807) is 56.1 Å². The van der Waals surface area contributed by atoms with Crippen LogP contribution in [0.4, 0.5) is 5.69 Å². The second kappa shape index (κ2) is 10.9. The van der Waals surface area contributed by atoms with Gasteiger partial charge < -0.3 is 23.9 Å². The molecule has 0 aromatic carbocycles. The topological polar surface area (TPSA) is 109 Å². The van der Waals surface area contributed by atoms with Crippen LogP contribution in [0.2, 0.25) is 0 Å². The quantitative estimate of drug-likeness (QED) is 0.377. The molecule has 0 radical (unpaired) electrons. The molecule has 166 valence electrons. The lowest BCUT2D eigenvalue weighted by Crippen LogP contribution is -2.12. The molecule has 3 heterocycles. The first-order valence-corrected chi connectivity index (χ1v) is 9.67. The smallest absolute Gasteiger partial charge is 0.230 e.